The van der Waals surface area contributed by atoms with Gasteiger partial charge in [-0.25, -0.2) is 4.79 Å². The molecule has 2 fully saturated rings. The molecule has 2 N–H and O–H groups in total. The van der Waals surface area contributed by atoms with Gasteiger partial charge in [0, 0.05) is 12.6 Å². The maximum absolute atomic E-state index is 12.0. The van der Waals surface area contributed by atoms with Gasteiger partial charge in [-0.15, -0.1) is 11.8 Å². The van der Waals surface area contributed by atoms with Crippen molar-refractivity contribution in [1.29, 1.82) is 0 Å². The largest absolute Gasteiger partial charge is 0.442 e. The van der Waals surface area contributed by atoms with Gasteiger partial charge in [0.05, 0.1) is 18.5 Å². The molecule has 7 heteroatoms. The van der Waals surface area contributed by atoms with E-state index in [4.69, 9.17) is 4.74 Å². The van der Waals surface area contributed by atoms with E-state index in [1.807, 2.05) is 24.3 Å². The number of benzene rings is 1. The molecule has 0 aromatic heterocycles. The van der Waals surface area contributed by atoms with E-state index in [9.17, 15) is 14.7 Å². The first kappa shape index (κ1) is 17.1. The second-order valence-electron chi connectivity index (χ2n) is 6.19. The van der Waals surface area contributed by atoms with Crippen molar-refractivity contribution in [3.63, 3.8) is 0 Å². The maximum atomic E-state index is 12.0. The number of hydrogen-bond acceptors (Lipinski definition) is 5. The molecular weight excluding hydrogens is 328 g/mol. The molecule has 2 heterocycles. The van der Waals surface area contributed by atoms with Gasteiger partial charge in [-0.1, -0.05) is 12.1 Å². The first-order valence-electron chi connectivity index (χ1n) is 8.15. The molecule has 2 aliphatic heterocycles. The minimum absolute atomic E-state index is 0.137. The monoisotopic (exact) mass is 350 g/mol. The standard InChI is InChI=1S/C17H22N2O4S/c1-11(20)18-9-15-10-19(17(22)23-15)14-4-2-12(3-5-14)13-6-7-24-16(21)8-13/h2-5,13,15-16,21H,6-10H2,1H3,(H,18,20)/t13?,15-,16?/m0/s1. The molecule has 2 saturated heterocycles. The molecular formula is C17H22N2O4S. The van der Waals surface area contributed by atoms with Crippen LogP contribution in [0.4, 0.5) is 10.5 Å². The average molecular weight is 350 g/mol. The van der Waals surface area contributed by atoms with E-state index in [1.54, 1.807) is 16.7 Å². The number of ether oxygens (including phenoxy) is 1. The molecule has 130 valence electrons. The molecule has 1 aromatic carbocycles. The number of amides is 2. The number of thioether (sulfide) groups is 1. The predicted molar refractivity (Wildman–Crippen MR) is 93.2 cm³/mol. The number of nitrogens with zero attached hydrogens (tertiary/aromatic N) is 1. The topological polar surface area (TPSA) is 78.9 Å². The number of cyclic esters (lactones) is 1. The van der Waals surface area contributed by atoms with Crippen LogP contribution in [-0.2, 0) is 9.53 Å². The SMILES string of the molecule is CC(=O)NC[C@H]1CN(c2ccc(C3CCSC(O)C3)cc2)C(=O)O1. The van der Waals surface area contributed by atoms with E-state index in [0.717, 1.165) is 24.3 Å². The van der Waals surface area contributed by atoms with Crippen LogP contribution in [0.15, 0.2) is 24.3 Å². The summed E-state index contributed by atoms with van der Waals surface area (Å²) in [6.07, 6.45) is 1.12. The summed E-state index contributed by atoms with van der Waals surface area (Å²) in [6.45, 7) is 2.19. The van der Waals surface area contributed by atoms with Gasteiger partial charge in [0.1, 0.15) is 6.10 Å². The zero-order chi connectivity index (χ0) is 17.1. The number of aliphatic hydroxyl groups excluding tert-OH is 1. The molecule has 3 atom stereocenters. The van der Waals surface area contributed by atoms with Crippen LogP contribution in [-0.4, -0.2) is 47.5 Å². The van der Waals surface area contributed by atoms with E-state index in [2.05, 4.69) is 5.32 Å². The zero-order valence-electron chi connectivity index (χ0n) is 13.6. The van der Waals surface area contributed by atoms with Crippen molar-refractivity contribution in [3.8, 4) is 0 Å². The Kier molecular flexibility index (Phi) is 5.30. The van der Waals surface area contributed by atoms with Gasteiger partial charge in [-0.3, -0.25) is 9.69 Å². The van der Waals surface area contributed by atoms with Gasteiger partial charge in [-0.05, 0) is 42.2 Å². The summed E-state index contributed by atoms with van der Waals surface area (Å²) in [5.41, 5.74) is 1.70. The lowest BCUT2D eigenvalue weighted by molar-refractivity contribution is -0.119. The van der Waals surface area contributed by atoms with Crippen molar-refractivity contribution < 1.29 is 19.4 Å². The molecule has 6 nitrogen and oxygen atoms in total. The highest BCUT2D eigenvalue weighted by molar-refractivity contribution is 7.99. The molecule has 1 aromatic rings. The van der Waals surface area contributed by atoms with Crippen LogP contribution in [0, 0.1) is 0 Å². The third-order valence-corrected chi connectivity index (χ3v) is 5.44. The summed E-state index contributed by atoms with van der Waals surface area (Å²) >= 11 is 1.60. The zero-order valence-corrected chi connectivity index (χ0v) is 14.4. The number of anilines is 1. The highest BCUT2D eigenvalue weighted by atomic mass is 32.2. The molecule has 24 heavy (non-hydrogen) atoms. The van der Waals surface area contributed by atoms with Crippen molar-refractivity contribution >= 4 is 29.4 Å². The van der Waals surface area contributed by atoms with Crippen LogP contribution in [0.2, 0.25) is 0 Å². The Labute approximate surface area is 145 Å². The highest BCUT2D eigenvalue weighted by Crippen LogP contribution is 2.35. The van der Waals surface area contributed by atoms with Crippen LogP contribution in [0.5, 0.6) is 0 Å². The van der Waals surface area contributed by atoms with Crippen LogP contribution < -0.4 is 10.2 Å². The highest BCUT2D eigenvalue weighted by Gasteiger charge is 2.32. The van der Waals surface area contributed by atoms with Gasteiger partial charge in [-0.2, -0.15) is 0 Å². The Morgan fingerprint density at radius 1 is 1.42 bits per heavy atom. The summed E-state index contributed by atoms with van der Waals surface area (Å²) < 4.78 is 5.28. The number of carbonyl (C=O) groups excluding carboxylic acids is 2. The maximum Gasteiger partial charge on any atom is 0.414 e. The van der Waals surface area contributed by atoms with E-state index >= 15 is 0 Å². The molecule has 0 saturated carbocycles. The van der Waals surface area contributed by atoms with Crippen molar-refractivity contribution in [1.82, 2.24) is 5.32 Å². The second-order valence-corrected chi connectivity index (χ2v) is 7.48. The minimum Gasteiger partial charge on any atom is -0.442 e. The second kappa shape index (κ2) is 7.44. The van der Waals surface area contributed by atoms with Crippen LogP contribution in [0.1, 0.15) is 31.2 Å². The lowest BCUT2D eigenvalue weighted by atomic mass is 9.93. The van der Waals surface area contributed by atoms with Gasteiger partial charge >= 0.3 is 6.09 Å². The Bertz CT molecular complexity index is 607. The summed E-state index contributed by atoms with van der Waals surface area (Å²) in [6, 6.07) is 7.89. The lowest BCUT2D eigenvalue weighted by Crippen LogP contribution is -2.33. The van der Waals surface area contributed by atoms with Gasteiger partial charge in [0.15, 0.2) is 0 Å². The first-order chi connectivity index (χ1) is 11.5. The average Bonchev–Trinajstić information content (AvgIpc) is 2.94. The summed E-state index contributed by atoms with van der Waals surface area (Å²) in [5, 5.41) is 12.5. The number of aliphatic hydroxyl groups is 1. The quantitative estimate of drug-likeness (QED) is 0.869. The summed E-state index contributed by atoms with van der Waals surface area (Å²) in [4.78, 5) is 24.6. The van der Waals surface area contributed by atoms with E-state index in [1.165, 1.54) is 12.5 Å². The van der Waals surface area contributed by atoms with Gasteiger partial charge < -0.3 is 15.2 Å². The minimum atomic E-state index is -0.386. The van der Waals surface area contributed by atoms with Crippen molar-refractivity contribution in [2.24, 2.45) is 0 Å². The number of hydrogen-bond donors (Lipinski definition) is 2. The lowest BCUT2D eigenvalue weighted by Gasteiger charge is -2.26. The summed E-state index contributed by atoms with van der Waals surface area (Å²) in [5.74, 6) is 1.20. The molecule has 0 spiro atoms. The smallest absolute Gasteiger partial charge is 0.414 e. The fraction of sp³-hybridized carbons (Fsp3) is 0.529. The molecule has 3 rings (SSSR count). The van der Waals surface area contributed by atoms with E-state index in [0.29, 0.717) is 19.0 Å². The molecule has 0 aliphatic carbocycles. The Balaban J connectivity index is 1.63. The number of carbonyl (C=O) groups is 2. The molecule has 2 unspecified atom stereocenters. The molecule has 0 radical (unpaired) electrons. The molecule has 2 amide bonds. The number of nitrogens with one attached hydrogen (secondary N) is 1. The normalized spacial score (nSPS) is 27.0. The van der Waals surface area contributed by atoms with Gasteiger partial charge in [0.25, 0.3) is 0 Å². The van der Waals surface area contributed by atoms with Crippen molar-refractivity contribution in [2.45, 2.75) is 37.2 Å². The van der Waals surface area contributed by atoms with E-state index in [-0.39, 0.29) is 23.5 Å². The fourth-order valence-electron chi connectivity index (χ4n) is 3.10. The molecule has 0 bridgehead atoms. The van der Waals surface area contributed by atoms with Crippen LogP contribution >= 0.6 is 11.8 Å². The van der Waals surface area contributed by atoms with Crippen molar-refractivity contribution in [2.75, 3.05) is 23.7 Å². The van der Waals surface area contributed by atoms with Crippen LogP contribution in [0.3, 0.4) is 0 Å². The third kappa shape index (κ3) is 4.02. The third-order valence-electron chi connectivity index (χ3n) is 4.39. The first-order valence-corrected chi connectivity index (χ1v) is 9.20. The van der Waals surface area contributed by atoms with Gasteiger partial charge in [0.2, 0.25) is 5.91 Å². The Hall–Kier alpha value is -1.73. The van der Waals surface area contributed by atoms with E-state index < -0.39 is 0 Å². The Morgan fingerprint density at radius 3 is 2.83 bits per heavy atom. The Morgan fingerprint density at radius 2 is 2.17 bits per heavy atom. The number of rotatable bonds is 4. The van der Waals surface area contributed by atoms with Crippen LogP contribution in [0.25, 0.3) is 0 Å². The summed E-state index contributed by atoms with van der Waals surface area (Å²) in [7, 11) is 0. The van der Waals surface area contributed by atoms with Crippen molar-refractivity contribution in [3.05, 3.63) is 29.8 Å². The fourth-order valence-corrected chi connectivity index (χ4v) is 4.16. The molecule has 2 aliphatic rings. The predicted octanol–water partition coefficient (Wildman–Crippen LogP) is 2.08.